The highest BCUT2D eigenvalue weighted by molar-refractivity contribution is 5.84. The average Bonchev–Trinajstić information content (AvgIpc) is 1.52. The van der Waals surface area contributed by atoms with E-state index in [4.69, 9.17) is 66.3 Å². The van der Waals surface area contributed by atoms with Crippen molar-refractivity contribution in [3.63, 3.8) is 0 Å². The summed E-state index contributed by atoms with van der Waals surface area (Å²) in [6.07, 6.45) is -31.4. The number of cyclic esters (lactones) is 1. The molecule has 11 N–H and O–H groups in total. The van der Waals surface area contributed by atoms with Crippen LogP contribution in [0.1, 0.15) is 128 Å². The summed E-state index contributed by atoms with van der Waals surface area (Å²) in [6.45, 7) is 18.7. The van der Waals surface area contributed by atoms with Gasteiger partial charge in [-0.15, -0.1) is 0 Å². The van der Waals surface area contributed by atoms with Crippen LogP contribution in [-0.4, -0.2) is 266 Å². The molecule has 0 bridgehead atoms. The number of aliphatic hydroxyl groups excluding tert-OH is 11. The smallest absolute Gasteiger partial charge is 0.314 e. The van der Waals surface area contributed by atoms with Gasteiger partial charge in [-0.25, -0.2) is 0 Å². The van der Waals surface area contributed by atoms with E-state index in [-0.39, 0.29) is 30.3 Å². The molecule has 0 aromatic rings. The molecule has 28 nitrogen and oxygen atoms in total. The van der Waals surface area contributed by atoms with Crippen LogP contribution in [0.25, 0.3) is 0 Å². The Bertz CT molecular complexity index is 2590. The van der Waals surface area contributed by atoms with Crippen LogP contribution in [0.4, 0.5) is 0 Å². The summed E-state index contributed by atoms with van der Waals surface area (Å²) in [5.41, 5.74) is -3.05. The highest BCUT2D eigenvalue weighted by Crippen LogP contribution is 2.76. The molecule has 33 atom stereocenters. The van der Waals surface area contributed by atoms with Crippen LogP contribution in [0.5, 0.6) is 0 Å². The van der Waals surface area contributed by atoms with Gasteiger partial charge >= 0.3 is 17.9 Å². The number of carbonyl (C=O) groups excluding carboxylic acids is 3. The minimum atomic E-state index is -1.96. The van der Waals surface area contributed by atoms with Gasteiger partial charge in [0.05, 0.1) is 49.5 Å². The third-order valence-corrected chi connectivity index (χ3v) is 22.7. The molecule has 1 unspecified atom stereocenters. The first-order valence-corrected chi connectivity index (χ1v) is 32.4. The first-order valence-electron chi connectivity index (χ1n) is 32.4. The van der Waals surface area contributed by atoms with Crippen molar-refractivity contribution in [1.29, 1.82) is 0 Å². The van der Waals surface area contributed by atoms with Crippen LogP contribution >= 0.6 is 0 Å². The number of fused-ring (bicyclic) bond motifs is 4. The number of allylic oxidation sites excluding steroid dienone is 2. The maximum Gasteiger partial charge on any atom is 0.314 e. The molecule has 6 saturated heterocycles. The lowest BCUT2D eigenvalue weighted by Crippen LogP contribution is -2.66. The van der Waals surface area contributed by atoms with Crippen LogP contribution in [-0.2, 0) is 80.7 Å². The zero-order valence-electron chi connectivity index (χ0n) is 54.0. The predicted molar refractivity (Wildman–Crippen MR) is 307 cm³/mol. The molecule has 9 fully saturated rings. The number of aliphatic hydroxyl groups is 11. The molecule has 520 valence electrons. The fourth-order valence-corrected chi connectivity index (χ4v) is 18.0. The van der Waals surface area contributed by atoms with E-state index in [1.807, 2.05) is 6.92 Å². The molecular weight excluding hydrogens is 1200 g/mol. The van der Waals surface area contributed by atoms with Crippen molar-refractivity contribution in [2.45, 2.75) is 293 Å². The van der Waals surface area contributed by atoms with E-state index < -0.39 is 218 Å². The summed E-state index contributed by atoms with van der Waals surface area (Å²) in [6, 6.07) is 0. The fourth-order valence-electron chi connectivity index (χ4n) is 18.0. The molecule has 28 heteroatoms. The normalized spacial score (nSPS) is 50.8. The second-order valence-electron chi connectivity index (χ2n) is 29.0. The second-order valence-corrected chi connectivity index (χ2v) is 29.0. The SMILES string of the molecule is CO[C@@H]1[C@@H](O)[C@H](O[C@@H]2[C@@H](O)[C@H](O[C@H]3[C@H](O)[C@@H](O)[C@H](O[C@H]4[C@H](O[C@H]5CC[C@]6(C)C7=CC[C@]89C(=O)O[C@@](C)(C(CCC(C)C)OC(C)=O)[C@H]8[C@@H](OC(C)=O)C[C@@]9(C)[C@@H]7CC[C@H]6C5(C)C)OC[C@@H](O[C@@H]5O[C@H](C)[C@@H](O)[C@H](O)[C@H]5O)[C@@H]4O)O[C@@H]3C)OC[C@H]2O)O[C@H](CO)[C@H]1O. The van der Waals surface area contributed by atoms with Gasteiger partial charge in [0.2, 0.25) is 0 Å². The maximum absolute atomic E-state index is 15.1. The number of rotatable bonds is 18. The van der Waals surface area contributed by atoms with Gasteiger partial charge in [-0.2, -0.15) is 0 Å². The maximum atomic E-state index is 15.1. The van der Waals surface area contributed by atoms with Gasteiger partial charge in [-0.3, -0.25) is 14.4 Å². The summed E-state index contributed by atoms with van der Waals surface area (Å²) in [7, 11) is 1.21. The van der Waals surface area contributed by atoms with E-state index in [1.54, 1.807) is 0 Å². The fraction of sp³-hybridized carbons (Fsp3) is 0.921. The lowest BCUT2D eigenvalue weighted by molar-refractivity contribution is -0.389. The van der Waals surface area contributed by atoms with Crippen molar-refractivity contribution in [2.75, 3.05) is 26.9 Å². The predicted octanol–water partition coefficient (Wildman–Crippen LogP) is -0.734. The molecule has 1 spiro atoms. The van der Waals surface area contributed by atoms with Crippen LogP contribution in [0.3, 0.4) is 0 Å². The zero-order chi connectivity index (χ0) is 66.5. The molecule has 0 aromatic carbocycles. The number of esters is 3. The summed E-state index contributed by atoms with van der Waals surface area (Å²) in [5, 5.41) is 122. The Morgan fingerprint density at radius 1 is 0.637 bits per heavy atom. The van der Waals surface area contributed by atoms with Crippen molar-refractivity contribution in [3.8, 4) is 0 Å². The minimum absolute atomic E-state index is 0.0424. The van der Waals surface area contributed by atoms with Crippen molar-refractivity contribution < 1.29 is 137 Å². The monoisotopic (exact) mass is 1300 g/mol. The molecule has 0 radical (unpaired) electrons. The highest BCUT2D eigenvalue weighted by atomic mass is 16.8. The summed E-state index contributed by atoms with van der Waals surface area (Å²) in [4.78, 5) is 40.8. The quantitative estimate of drug-likeness (QED) is 0.0349. The Balaban J connectivity index is 0.875. The lowest BCUT2D eigenvalue weighted by Gasteiger charge is -2.63. The molecule has 6 aliphatic heterocycles. The Labute approximate surface area is 529 Å². The first-order chi connectivity index (χ1) is 42.7. The average molecular weight is 1310 g/mol. The summed E-state index contributed by atoms with van der Waals surface area (Å²) < 4.78 is 85.1. The number of carbonyl (C=O) groups is 3. The zero-order valence-corrected chi connectivity index (χ0v) is 54.0. The van der Waals surface area contributed by atoms with E-state index >= 15 is 4.79 Å². The van der Waals surface area contributed by atoms with Gasteiger partial charge in [-0.1, -0.05) is 53.2 Å². The second kappa shape index (κ2) is 26.9. The largest absolute Gasteiger partial charge is 0.462 e. The van der Waals surface area contributed by atoms with E-state index in [0.29, 0.717) is 51.4 Å². The van der Waals surface area contributed by atoms with Crippen LogP contribution in [0, 0.1) is 45.3 Å². The minimum Gasteiger partial charge on any atom is -0.462 e. The Hall–Kier alpha value is -2.73. The standard InChI is InChI=1S/C63H100O28/c1-25(2)13-16-38(84-29(6)66)62(11)52-33(83-28(5)65)21-61(10)31-14-15-36-59(7,8)37(18-19-60(36,9)30(31)17-20-63(52,61)58(77)91-62)87-57-51(41(70)35(24-80-57)86-54-44(73)42(71)39(68)26(3)81-54)90-55-45(74)43(72)48(27(4)82-55)88-53-46(75)49(32(67)23-79-53)89-56-47(76)50(78-12)40(69)34(22-64)85-56/h17,25-27,31-57,64,67-76H,13-16,18-24H2,1-12H3/t26-,27-,31-,32-,33+,34-,35-,36+,37+,38?,39-,40-,41+,42+,43-,44-,45-,46-,47-,48-,49+,50+,51-,52-,53+,54+,55+,56+,57+,60-,61+,62+,63-/m1/s1. The molecular formula is C63H100O28. The van der Waals surface area contributed by atoms with Crippen LogP contribution in [0.2, 0.25) is 0 Å². The molecule has 4 aliphatic carbocycles. The van der Waals surface area contributed by atoms with E-state index in [0.717, 1.165) is 0 Å². The summed E-state index contributed by atoms with van der Waals surface area (Å²) in [5.74, 6) is -1.91. The van der Waals surface area contributed by atoms with Crippen molar-refractivity contribution >= 4 is 17.9 Å². The van der Waals surface area contributed by atoms with Gasteiger partial charge in [0.1, 0.15) is 110 Å². The molecule has 91 heavy (non-hydrogen) atoms. The summed E-state index contributed by atoms with van der Waals surface area (Å²) >= 11 is 0. The number of ether oxygens (including phenoxy) is 14. The topological polar surface area (TPSA) is 403 Å². The molecule has 3 saturated carbocycles. The Morgan fingerprint density at radius 3 is 1.92 bits per heavy atom. The van der Waals surface area contributed by atoms with E-state index in [1.165, 1.54) is 40.4 Å². The van der Waals surface area contributed by atoms with E-state index in [2.05, 4.69) is 47.6 Å². The Kier molecular flexibility index (Phi) is 21.0. The van der Waals surface area contributed by atoms with Crippen LogP contribution in [0.15, 0.2) is 11.6 Å². The van der Waals surface area contributed by atoms with Crippen molar-refractivity contribution in [1.82, 2.24) is 0 Å². The van der Waals surface area contributed by atoms with Crippen LogP contribution < -0.4 is 0 Å². The van der Waals surface area contributed by atoms with Gasteiger partial charge in [0.15, 0.2) is 37.1 Å². The number of hydrogen-bond donors (Lipinski definition) is 11. The van der Waals surface area contributed by atoms with Gasteiger partial charge in [0.25, 0.3) is 0 Å². The van der Waals surface area contributed by atoms with E-state index in [9.17, 15) is 65.8 Å². The third kappa shape index (κ3) is 12.4. The third-order valence-electron chi connectivity index (χ3n) is 22.7. The molecule has 10 rings (SSSR count). The molecule has 0 aromatic heterocycles. The highest BCUT2D eigenvalue weighted by Gasteiger charge is 2.81. The van der Waals surface area contributed by atoms with Crippen molar-refractivity contribution in [3.05, 3.63) is 11.6 Å². The van der Waals surface area contributed by atoms with Gasteiger partial charge in [-0.05, 0) is 106 Å². The molecule has 0 amide bonds. The first kappa shape index (κ1) is 71.1. The van der Waals surface area contributed by atoms with Crippen molar-refractivity contribution in [2.24, 2.45) is 45.3 Å². The Morgan fingerprint density at radius 2 is 1.26 bits per heavy atom. The van der Waals surface area contributed by atoms with Gasteiger partial charge < -0.3 is 122 Å². The number of hydrogen-bond acceptors (Lipinski definition) is 28. The van der Waals surface area contributed by atoms with Gasteiger partial charge in [0, 0.05) is 21.0 Å². The molecule has 6 heterocycles. The lowest BCUT2D eigenvalue weighted by atomic mass is 9.41. The molecule has 10 aliphatic rings. The number of methoxy groups -OCH3 is 1.